The molecule has 2 heteroatoms. The van der Waals surface area contributed by atoms with Crippen LogP contribution >= 0.6 is 0 Å². The van der Waals surface area contributed by atoms with Crippen LogP contribution in [-0.2, 0) is 6.42 Å². The minimum atomic E-state index is 0.146. The molecule has 1 aromatic carbocycles. The Hall–Kier alpha value is -1.54. The topological polar surface area (TPSA) is 25.2 Å². The standard InChI is InChI=1S/C17H23NO/c1-4-18-17(16-6-5-11-19-16)15-9-7-14(8-10-15)12-13(2)3/h5-11,13,17-18H,4,12H2,1-3H3. The summed E-state index contributed by atoms with van der Waals surface area (Å²) in [6.07, 6.45) is 2.86. The van der Waals surface area contributed by atoms with Gasteiger partial charge in [0.1, 0.15) is 5.76 Å². The quantitative estimate of drug-likeness (QED) is 0.840. The number of rotatable bonds is 6. The second-order valence-corrected chi connectivity index (χ2v) is 5.35. The molecule has 0 aliphatic rings. The first-order chi connectivity index (χ1) is 9.20. The number of benzene rings is 1. The van der Waals surface area contributed by atoms with Crippen molar-refractivity contribution in [2.75, 3.05) is 6.54 Å². The van der Waals surface area contributed by atoms with Crippen molar-refractivity contribution in [1.29, 1.82) is 0 Å². The van der Waals surface area contributed by atoms with Crippen molar-refractivity contribution in [2.45, 2.75) is 33.2 Å². The van der Waals surface area contributed by atoms with Crippen LogP contribution in [0.1, 0.15) is 43.7 Å². The van der Waals surface area contributed by atoms with Crippen molar-refractivity contribution >= 4 is 0 Å². The first-order valence-corrected chi connectivity index (χ1v) is 7.06. The van der Waals surface area contributed by atoms with Gasteiger partial charge in [-0.05, 0) is 42.1 Å². The molecule has 0 saturated carbocycles. The molecule has 1 N–H and O–H groups in total. The average Bonchev–Trinajstić information content (AvgIpc) is 2.90. The summed E-state index contributed by atoms with van der Waals surface area (Å²) < 4.78 is 5.53. The SMILES string of the molecule is CCNC(c1ccc(CC(C)C)cc1)c1ccco1. The summed E-state index contributed by atoms with van der Waals surface area (Å²) >= 11 is 0. The van der Waals surface area contributed by atoms with Crippen LogP contribution in [0.25, 0.3) is 0 Å². The van der Waals surface area contributed by atoms with E-state index in [0.29, 0.717) is 5.92 Å². The summed E-state index contributed by atoms with van der Waals surface area (Å²) in [5.74, 6) is 1.67. The zero-order valence-electron chi connectivity index (χ0n) is 12.0. The van der Waals surface area contributed by atoms with Crippen LogP contribution in [-0.4, -0.2) is 6.54 Å². The highest BCUT2D eigenvalue weighted by molar-refractivity contribution is 5.30. The lowest BCUT2D eigenvalue weighted by atomic mass is 9.98. The molecule has 19 heavy (non-hydrogen) atoms. The zero-order chi connectivity index (χ0) is 13.7. The smallest absolute Gasteiger partial charge is 0.125 e. The maximum Gasteiger partial charge on any atom is 0.125 e. The molecule has 0 amide bonds. The van der Waals surface area contributed by atoms with Gasteiger partial charge in [0, 0.05) is 0 Å². The van der Waals surface area contributed by atoms with Gasteiger partial charge in [0.25, 0.3) is 0 Å². The van der Waals surface area contributed by atoms with E-state index in [1.165, 1.54) is 11.1 Å². The van der Waals surface area contributed by atoms with E-state index < -0.39 is 0 Å². The van der Waals surface area contributed by atoms with Crippen LogP contribution in [0, 0.1) is 5.92 Å². The van der Waals surface area contributed by atoms with Crippen molar-refractivity contribution in [3.63, 3.8) is 0 Å². The molecule has 1 atom stereocenters. The molecule has 0 radical (unpaired) electrons. The Morgan fingerprint density at radius 2 is 1.84 bits per heavy atom. The van der Waals surface area contributed by atoms with E-state index in [1.54, 1.807) is 6.26 Å². The van der Waals surface area contributed by atoms with Gasteiger partial charge in [0.15, 0.2) is 0 Å². The van der Waals surface area contributed by atoms with Gasteiger partial charge < -0.3 is 9.73 Å². The lowest BCUT2D eigenvalue weighted by molar-refractivity contribution is 0.452. The third-order valence-electron chi connectivity index (χ3n) is 3.19. The van der Waals surface area contributed by atoms with Crippen molar-refractivity contribution < 1.29 is 4.42 Å². The number of hydrogen-bond acceptors (Lipinski definition) is 2. The van der Waals surface area contributed by atoms with Gasteiger partial charge in [0.2, 0.25) is 0 Å². The highest BCUT2D eigenvalue weighted by atomic mass is 16.3. The van der Waals surface area contributed by atoms with Crippen LogP contribution < -0.4 is 5.32 Å². The van der Waals surface area contributed by atoms with Crippen LogP contribution in [0.15, 0.2) is 47.1 Å². The normalized spacial score (nSPS) is 12.8. The van der Waals surface area contributed by atoms with Gasteiger partial charge in [-0.25, -0.2) is 0 Å². The molecule has 1 aromatic heterocycles. The number of hydrogen-bond donors (Lipinski definition) is 1. The Balaban J connectivity index is 2.18. The van der Waals surface area contributed by atoms with Crippen LogP contribution in [0.4, 0.5) is 0 Å². The maximum absolute atomic E-state index is 5.53. The van der Waals surface area contributed by atoms with Gasteiger partial charge >= 0.3 is 0 Å². The summed E-state index contributed by atoms with van der Waals surface area (Å²) in [6.45, 7) is 7.53. The third kappa shape index (κ3) is 3.71. The summed E-state index contributed by atoms with van der Waals surface area (Å²) in [6, 6.07) is 13.0. The van der Waals surface area contributed by atoms with E-state index in [4.69, 9.17) is 4.42 Å². The molecule has 1 heterocycles. The van der Waals surface area contributed by atoms with Crippen molar-refractivity contribution in [2.24, 2.45) is 5.92 Å². The second-order valence-electron chi connectivity index (χ2n) is 5.35. The number of furan rings is 1. The minimum Gasteiger partial charge on any atom is -0.467 e. The molecular weight excluding hydrogens is 234 g/mol. The molecule has 0 aliphatic heterocycles. The molecule has 0 saturated heterocycles. The van der Waals surface area contributed by atoms with Crippen LogP contribution in [0.5, 0.6) is 0 Å². The third-order valence-corrected chi connectivity index (χ3v) is 3.19. The van der Waals surface area contributed by atoms with Crippen molar-refractivity contribution in [1.82, 2.24) is 5.32 Å². The molecule has 2 aromatic rings. The Morgan fingerprint density at radius 3 is 2.37 bits per heavy atom. The molecule has 1 unspecified atom stereocenters. The average molecular weight is 257 g/mol. The highest BCUT2D eigenvalue weighted by Crippen LogP contribution is 2.23. The van der Waals surface area contributed by atoms with E-state index in [9.17, 15) is 0 Å². The van der Waals surface area contributed by atoms with E-state index in [-0.39, 0.29) is 6.04 Å². The molecule has 2 nitrogen and oxygen atoms in total. The van der Waals surface area contributed by atoms with E-state index >= 15 is 0 Å². The molecule has 102 valence electrons. The summed E-state index contributed by atoms with van der Waals surface area (Å²) in [5, 5.41) is 3.47. The fourth-order valence-corrected chi connectivity index (χ4v) is 2.36. The molecule has 2 rings (SSSR count). The molecule has 0 fully saturated rings. The molecule has 0 aliphatic carbocycles. The Bertz CT molecular complexity index is 470. The predicted octanol–water partition coefficient (Wildman–Crippen LogP) is 4.18. The molecule has 0 bridgehead atoms. The lowest BCUT2D eigenvalue weighted by Gasteiger charge is -2.16. The first-order valence-electron chi connectivity index (χ1n) is 7.06. The Morgan fingerprint density at radius 1 is 1.11 bits per heavy atom. The molecule has 0 spiro atoms. The van der Waals surface area contributed by atoms with Gasteiger partial charge in [-0.1, -0.05) is 45.0 Å². The highest BCUT2D eigenvalue weighted by Gasteiger charge is 2.15. The first kappa shape index (κ1) is 13.9. The maximum atomic E-state index is 5.53. The van der Waals surface area contributed by atoms with Gasteiger partial charge in [-0.2, -0.15) is 0 Å². The summed E-state index contributed by atoms with van der Waals surface area (Å²) in [4.78, 5) is 0. The fourth-order valence-electron chi connectivity index (χ4n) is 2.36. The van der Waals surface area contributed by atoms with Crippen molar-refractivity contribution in [3.05, 3.63) is 59.5 Å². The minimum absolute atomic E-state index is 0.146. The summed E-state index contributed by atoms with van der Waals surface area (Å²) in [7, 11) is 0. The Labute approximate surface area is 115 Å². The van der Waals surface area contributed by atoms with Crippen LogP contribution in [0.2, 0.25) is 0 Å². The van der Waals surface area contributed by atoms with Gasteiger partial charge in [-0.15, -0.1) is 0 Å². The van der Waals surface area contributed by atoms with E-state index in [1.807, 2.05) is 12.1 Å². The molecular formula is C17H23NO. The largest absolute Gasteiger partial charge is 0.467 e. The van der Waals surface area contributed by atoms with Gasteiger partial charge in [0.05, 0.1) is 12.3 Å². The zero-order valence-corrected chi connectivity index (χ0v) is 12.0. The fraction of sp³-hybridized carbons (Fsp3) is 0.412. The summed E-state index contributed by atoms with van der Waals surface area (Å²) in [5.41, 5.74) is 2.65. The lowest BCUT2D eigenvalue weighted by Crippen LogP contribution is -2.21. The second kappa shape index (κ2) is 6.58. The van der Waals surface area contributed by atoms with Crippen LogP contribution in [0.3, 0.4) is 0 Å². The van der Waals surface area contributed by atoms with Crippen molar-refractivity contribution in [3.8, 4) is 0 Å². The Kier molecular flexibility index (Phi) is 4.80. The number of nitrogens with one attached hydrogen (secondary N) is 1. The monoisotopic (exact) mass is 257 g/mol. The van der Waals surface area contributed by atoms with E-state index in [0.717, 1.165) is 18.7 Å². The van der Waals surface area contributed by atoms with E-state index in [2.05, 4.69) is 50.4 Å². The van der Waals surface area contributed by atoms with Gasteiger partial charge in [-0.3, -0.25) is 0 Å². The predicted molar refractivity (Wildman–Crippen MR) is 79.2 cm³/mol.